The smallest absolute Gasteiger partial charge is 0.385 e. The minimum atomic E-state index is -3.03. The quantitative estimate of drug-likeness (QED) is 0.567. The van der Waals surface area contributed by atoms with Crippen molar-refractivity contribution >= 4 is 5.97 Å². The summed E-state index contributed by atoms with van der Waals surface area (Å²) in [4.78, 5) is 31.4. The molecule has 2 aromatic heterocycles. The molecule has 2 aliphatic rings. The number of pyridine rings is 2. The Morgan fingerprint density at radius 2 is 2.12 bits per heavy atom. The van der Waals surface area contributed by atoms with Gasteiger partial charge in [-0.3, -0.25) is 4.79 Å². The lowest BCUT2D eigenvalue weighted by molar-refractivity contribution is -0.0790. The van der Waals surface area contributed by atoms with E-state index in [-0.39, 0.29) is 42.0 Å². The largest absolute Gasteiger partial charge is 0.491 e. The summed E-state index contributed by atoms with van der Waals surface area (Å²) in [6.07, 6.45) is -1.07. The number of alkyl halides is 2. The lowest BCUT2D eigenvalue weighted by Crippen LogP contribution is -2.44. The van der Waals surface area contributed by atoms with Crippen molar-refractivity contribution < 1.29 is 36.9 Å². The lowest BCUT2D eigenvalue weighted by Gasteiger charge is -2.42. The summed E-state index contributed by atoms with van der Waals surface area (Å²) in [5.41, 5.74) is -3.93. The second-order valence-electron chi connectivity index (χ2n) is 9.18. The van der Waals surface area contributed by atoms with Gasteiger partial charge in [-0.1, -0.05) is 13.8 Å². The van der Waals surface area contributed by atoms with Crippen LogP contribution in [-0.4, -0.2) is 35.3 Å². The molecule has 1 fully saturated rings. The van der Waals surface area contributed by atoms with Gasteiger partial charge in [-0.15, -0.1) is 0 Å². The highest BCUT2D eigenvalue weighted by Gasteiger charge is 2.41. The van der Waals surface area contributed by atoms with E-state index in [0.29, 0.717) is 18.8 Å². The molecule has 0 amide bonds. The highest BCUT2D eigenvalue weighted by atomic mass is 19.3. The molecule has 11 heteroatoms. The second-order valence-corrected chi connectivity index (χ2v) is 9.18. The molecular weight excluding hydrogens is 460 g/mol. The van der Waals surface area contributed by atoms with Crippen molar-refractivity contribution in [3.63, 3.8) is 0 Å². The summed E-state index contributed by atoms with van der Waals surface area (Å²) in [5, 5.41) is 0. The number of hydrogen-bond donors (Lipinski definition) is 0. The third-order valence-corrected chi connectivity index (χ3v) is 6.81. The molecule has 1 unspecified atom stereocenters. The Morgan fingerprint density at radius 3 is 2.71 bits per heavy atom. The predicted octanol–water partition coefficient (Wildman–Crippen LogP) is 4.37. The van der Waals surface area contributed by atoms with Gasteiger partial charge in [-0.05, 0) is 37.3 Å². The van der Waals surface area contributed by atoms with Gasteiger partial charge in [0.15, 0.2) is 5.82 Å². The fourth-order valence-electron chi connectivity index (χ4n) is 4.43. The molecule has 1 saturated heterocycles. The van der Waals surface area contributed by atoms with E-state index in [1.165, 1.54) is 10.6 Å². The van der Waals surface area contributed by atoms with Crippen LogP contribution in [0, 0.1) is 17.7 Å². The van der Waals surface area contributed by atoms with E-state index in [0.717, 1.165) is 12.6 Å². The number of aromatic nitrogens is 2. The molecule has 2 aliphatic heterocycles. The Balaban J connectivity index is 1.91. The molecule has 2 atom stereocenters. The fraction of sp³-hybridized carbons (Fsp3) is 0.522. The van der Waals surface area contributed by atoms with Crippen LogP contribution in [0.3, 0.4) is 0 Å². The third-order valence-electron chi connectivity index (χ3n) is 6.81. The number of hydrogen-bond acceptors (Lipinski definition) is 6. The standard InChI is InChI=1S/C23H24F4N2O5/c1-11(2)23(3)7-13-6-15(33-10-12-4-5-32-9-12)18(21(25)26)28-17(13)19-16(24)20(30)14(8-29(19)23)22(31)34-27/h6,8,11-12,21H,4-5,7,9-10H2,1-3H3/t12?,23-/m0/s1. The maximum atomic E-state index is 15.4. The predicted molar refractivity (Wildman–Crippen MR) is 112 cm³/mol. The summed E-state index contributed by atoms with van der Waals surface area (Å²) >= 11 is 0. The molecule has 0 aromatic carbocycles. The van der Waals surface area contributed by atoms with Crippen LogP contribution in [0.5, 0.6) is 5.75 Å². The first-order valence-electron chi connectivity index (χ1n) is 10.9. The maximum Gasteiger partial charge on any atom is 0.385 e. The van der Waals surface area contributed by atoms with Crippen LogP contribution in [-0.2, 0) is 21.6 Å². The van der Waals surface area contributed by atoms with Crippen molar-refractivity contribution in [1.82, 2.24) is 9.55 Å². The normalized spacial score (nSPS) is 21.5. The van der Waals surface area contributed by atoms with E-state index in [2.05, 4.69) is 9.93 Å². The topological polar surface area (TPSA) is 79.7 Å². The Hall–Kier alpha value is -2.95. The zero-order chi connectivity index (χ0) is 24.8. The number of carbonyl (C=O) groups excluding carboxylic acids is 1. The van der Waals surface area contributed by atoms with Crippen molar-refractivity contribution in [2.45, 2.75) is 45.6 Å². The summed E-state index contributed by atoms with van der Waals surface area (Å²) in [5.74, 6) is -3.27. The van der Waals surface area contributed by atoms with Gasteiger partial charge in [0.25, 0.3) is 6.43 Å². The molecule has 0 spiro atoms. The molecule has 0 aliphatic carbocycles. The Labute approximate surface area is 192 Å². The maximum absolute atomic E-state index is 15.4. The van der Waals surface area contributed by atoms with E-state index in [1.54, 1.807) is 6.92 Å². The van der Waals surface area contributed by atoms with Gasteiger partial charge >= 0.3 is 5.97 Å². The zero-order valence-corrected chi connectivity index (χ0v) is 18.9. The lowest BCUT2D eigenvalue weighted by atomic mass is 9.78. The molecule has 184 valence electrons. The van der Waals surface area contributed by atoms with Crippen LogP contribution >= 0.6 is 0 Å². The van der Waals surface area contributed by atoms with Gasteiger partial charge < -0.3 is 14.0 Å². The van der Waals surface area contributed by atoms with Crippen LogP contribution in [0.25, 0.3) is 11.4 Å². The van der Waals surface area contributed by atoms with Crippen LogP contribution in [0.4, 0.5) is 17.7 Å². The minimum absolute atomic E-state index is 0.0629. The van der Waals surface area contributed by atoms with Gasteiger partial charge in [-0.25, -0.2) is 27.9 Å². The van der Waals surface area contributed by atoms with Gasteiger partial charge in [0.2, 0.25) is 5.43 Å². The molecule has 4 rings (SSSR count). The third kappa shape index (κ3) is 3.95. The highest BCUT2D eigenvalue weighted by molar-refractivity contribution is 5.89. The molecule has 0 radical (unpaired) electrons. The van der Waals surface area contributed by atoms with E-state index in [1.807, 2.05) is 13.8 Å². The summed E-state index contributed by atoms with van der Waals surface area (Å²) in [6, 6.07) is 1.41. The summed E-state index contributed by atoms with van der Waals surface area (Å²) in [7, 11) is 0. The average molecular weight is 484 g/mol. The van der Waals surface area contributed by atoms with Crippen LogP contribution < -0.4 is 10.2 Å². The molecule has 0 N–H and O–H groups in total. The highest BCUT2D eigenvalue weighted by Crippen LogP contribution is 2.44. The fourth-order valence-corrected chi connectivity index (χ4v) is 4.43. The minimum Gasteiger partial charge on any atom is -0.491 e. The van der Waals surface area contributed by atoms with E-state index >= 15 is 4.39 Å². The van der Waals surface area contributed by atoms with Crippen molar-refractivity contribution in [3.05, 3.63) is 45.1 Å². The number of ether oxygens (including phenoxy) is 2. The molecule has 0 bridgehead atoms. The summed E-state index contributed by atoms with van der Waals surface area (Å²) < 4.78 is 68.0. The van der Waals surface area contributed by atoms with Gasteiger partial charge in [0.1, 0.15) is 22.7 Å². The number of rotatable bonds is 6. The van der Waals surface area contributed by atoms with Gasteiger partial charge in [0, 0.05) is 28.8 Å². The Bertz CT molecular complexity index is 1180. The van der Waals surface area contributed by atoms with Crippen molar-refractivity contribution in [3.8, 4) is 17.1 Å². The second kappa shape index (κ2) is 9.01. The van der Waals surface area contributed by atoms with E-state index in [9.17, 15) is 22.9 Å². The number of nitrogens with zero attached hydrogens (tertiary/aromatic N) is 2. The number of halogens is 4. The monoisotopic (exact) mass is 484 g/mol. The molecule has 0 saturated carbocycles. The van der Waals surface area contributed by atoms with Crippen molar-refractivity contribution in [2.75, 3.05) is 19.8 Å². The molecule has 4 heterocycles. The van der Waals surface area contributed by atoms with Crippen molar-refractivity contribution in [1.29, 1.82) is 0 Å². The molecular formula is C23H24F4N2O5. The summed E-state index contributed by atoms with van der Waals surface area (Å²) in [6.45, 7) is 6.66. The first-order chi connectivity index (χ1) is 16.1. The van der Waals surface area contributed by atoms with Crippen LogP contribution in [0.1, 0.15) is 55.2 Å². The average Bonchev–Trinajstić information content (AvgIpc) is 3.32. The molecule has 2 aromatic rings. The first-order valence-corrected chi connectivity index (χ1v) is 10.9. The Kier molecular flexibility index (Phi) is 6.41. The molecule has 7 nitrogen and oxygen atoms in total. The zero-order valence-electron chi connectivity index (χ0n) is 18.9. The molecule has 34 heavy (non-hydrogen) atoms. The first kappa shape index (κ1) is 24.2. The van der Waals surface area contributed by atoms with E-state index in [4.69, 9.17) is 9.47 Å². The SMILES string of the molecule is CC(C)[C@]1(C)Cc2cc(OCC3CCOC3)c(C(F)F)nc2-c2c(F)c(=O)c(C(=O)OF)cn21. The van der Waals surface area contributed by atoms with Crippen LogP contribution in [0.2, 0.25) is 0 Å². The van der Waals surface area contributed by atoms with Gasteiger partial charge in [0.05, 0.1) is 18.9 Å². The number of fused-ring (bicyclic) bond motifs is 3. The van der Waals surface area contributed by atoms with Gasteiger partial charge in [-0.2, -0.15) is 0 Å². The van der Waals surface area contributed by atoms with Crippen molar-refractivity contribution in [2.24, 2.45) is 11.8 Å². The Morgan fingerprint density at radius 1 is 1.38 bits per heavy atom. The van der Waals surface area contributed by atoms with E-state index < -0.39 is 40.4 Å². The number of carbonyl (C=O) groups is 1. The van der Waals surface area contributed by atoms with Crippen LogP contribution in [0.15, 0.2) is 17.1 Å².